The highest BCUT2D eigenvalue weighted by Gasteiger charge is 2.17. The largest absolute Gasteiger partial charge is 0.491 e. The Morgan fingerprint density at radius 3 is 3.10 bits per heavy atom. The molecule has 3 N–H and O–H groups in total. The molecule has 0 aromatic heterocycles. The number of amides is 1. The van der Waals surface area contributed by atoms with Crippen molar-refractivity contribution in [3.8, 4) is 5.75 Å². The number of nitrogens with two attached hydrogens (primary N) is 1. The molecule has 1 heterocycles. The number of para-hydroxylation sites is 1. The van der Waals surface area contributed by atoms with E-state index in [4.69, 9.17) is 15.2 Å². The van der Waals surface area contributed by atoms with E-state index in [1.807, 2.05) is 6.92 Å². The quantitative estimate of drug-likeness (QED) is 0.779. The molecule has 0 saturated carbocycles. The molecule has 5 heteroatoms. The van der Waals surface area contributed by atoms with Gasteiger partial charge in [-0.3, -0.25) is 4.79 Å². The van der Waals surface area contributed by atoms with Gasteiger partial charge in [-0.05, 0) is 37.8 Å². The summed E-state index contributed by atoms with van der Waals surface area (Å²) in [7, 11) is 0. The fraction of sp³-hybridized carbons (Fsp3) is 0.533. The van der Waals surface area contributed by atoms with Gasteiger partial charge in [0, 0.05) is 19.8 Å². The van der Waals surface area contributed by atoms with Crippen molar-refractivity contribution >= 4 is 11.6 Å². The Bertz CT molecular complexity index is 456. The molecular weight excluding hydrogens is 256 g/mol. The van der Waals surface area contributed by atoms with Gasteiger partial charge in [-0.25, -0.2) is 0 Å². The number of rotatable bonds is 6. The van der Waals surface area contributed by atoms with Crippen LogP contribution in [0.1, 0.15) is 30.1 Å². The van der Waals surface area contributed by atoms with Crippen LogP contribution in [0.15, 0.2) is 18.2 Å². The molecule has 2 rings (SSSR count). The van der Waals surface area contributed by atoms with Gasteiger partial charge in [0.25, 0.3) is 5.91 Å². The highest BCUT2D eigenvalue weighted by Crippen LogP contribution is 2.26. The Kier molecular flexibility index (Phi) is 5.24. The Morgan fingerprint density at radius 1 is 1.55 bits per heavy atom. The molecular formula is C15H22N2O3. The number of benzene rings is 1. The summed E-state index contributed by atoms with van der Waals surface area (Å²) in [6.45, 7) is 4.63. The second-order valence-corrected chi connectivity index (χ2v) is 4.93. The first-order valence-electron chi connectivity index (χ1n) is 7.09. The third-order valence-electron chi connectivity index (χ3n) is 3.44. The monoisotopic (exact) mass is 278 g/mol. The van der Waals surface area contributed by atoms with Crippen molar-refractivity contribution in [1.82, 2.24) is 5.32 Å². The molecule has 1 fully saturated rings. The van der Waals surface area contributed by atoms with E-state index >= 15 is 0 Å². The predicted molar refractivity (Wildman–Crippen MR) is 77.9 cm³/mol. The average molecular weight is 278 g/mol. The van der Waals surface area contributed by atoms with E-state index < -0.39 is 0 Å². The summed E-state index contributed by atoms with van der Waals surface area (Å²) in [5, 5.41) is 2.92. The lowest BCUT2D eigenvalue weighted by atomic mass is 10.1. The third kappa shape index (κ3) is 3.63. The lowest BCUT2D eigenvalue weighted by Gasteiger charge is -2.13. The summed E-state index contributed by atoms with van der Waals surface area (Å²) < 4.78 is 10.8. The lowest BCUT2D eigenvalue weighted by molar-refractivity contribution is 0.0946. The first-order valence-corrected chi connectivity index (χ1v) is 7.09. The van der Waals surface area contributed by atoms with Crippen molar-refractivity contribution in [2.75, 3.05) is 32.1 Å². The number of nitrogens with one attached hydrogen (secondary N) is 1. The Hall–Kier alpha value is -1.75. The van der Waals surface area contributed by atoms with E-state index in [2.05, 4.69) is 5.32 Å². The van der Waals surface area contributed by atoms with Gasteiger partial charge in [-0.1, -0.05) is 6.07 Å². The topological polar surface area (TPSA) is 73.6 Å². The standard InChI is InChI=1S/C15H22N2O3/c1-2-20-14-12(4-3-5-13(14)16)15(18)17-8-6-11-7-9-19-10-11/h3-5,11H,2,6-10,16H2,1H3,(H,17,18). The van der Waals surface area contributed by atoms with Crippen LogP contribution in [0.25, 0.3) is 0 Å². The molecule has 1 aromatic rings. The number of hydrogen-bond acceptors (Lipinski definition) is 4. The summed E-state index contributed by atoms with van der Waals surface area (Å²) >= 11 is 0. The minimum absolute atomic E-state index is 0.139. The maximum atomic E-state index is 12.2. The zero-order chi connectivity index (χ0) is 14.4. The lowest BCUT2D eigenvalue weighted by Crippen LogP contribution is -2.26. The highest BCUT2D eigenvalue weighted by atomic mass is 16.5. The summed E-state index contributed by atoms with van der Waals surface area (Å²) in [4.78, 5) is 12.2. The predicted octanol–water partition coefficient (Wildman–Crippen LogP) is 1.82. The fourth-order valence-corrected chi connectivity index (χ4v) is 2.34. The maximum Gasteiger partial charge on any atom is 0.255 e. The van der Waals surface area contributed by atoms with Crippen LogP contribution in [0.5, 0.6) is 5.75 Å². The Labute approximate surface area is 119 Å². The summed E-state index contributed by atoms with van der Waals surface area (Å²) in [5.41, 5.74) is 6.84. The Morgan fingerprint density at radius 2 is 2.40 bits per heavy atom. The number of anilines is 1. The second kappa shape index (κ2) is 7.14. The van der Waals surface area contributed by atoms with E-state index in [0.29, 0.717) is 36.1 Å². The van der Waals surface area contributed by atoms with Gasteiger partial charge < -0.3 is 20.5 Å². The molecule has 1 aliphatic heterocycles. The van der Waals surface area contributed by atoms with Crippen LogP contribution in [-0.2, 0) is 4.74 Å². The molecule has 0 spiro atoms. The van der Waals surface area contributed by atoms with E-state index in [-0.39, 0.29) is 5.91 Å². The first kappa shape index (κ1) is 14.7. The maximum absolute atomic E-state index is 12.2. The van der Waals surface area contributed by atoms with Crippen LogP contribution in [0.2, 0.25) is 0 Å². The van der Waals surface area contributed by atoms with E-state index in [9.17, 15) is 4.79 Å². The van der Waals surface area contributed by atoms with Crippen molar-refractivity contribution in [2.24, 2.45) is 5.92 Å². The van der Waals surface area contributed by atoms with Crippen LogP contribution >= 0.6 is 0 Å². The summed E-state index contributed by atoms with van der Waals surface area (Å²) in [6.07, 6.45) is 2.02. The molecule has 1 atom stereocenters. The van der Waals surface area contributed by atoms with Crippen LogP contribution < -0.4 is 15.8 Å². The SMILES string of the molecule is CCOc1c(N)cccc1C(=O)NCCC1CCOC1. The zero-order valence-electron chi connectivity index (χ0n) is 11.9. The molecule has 110 valence electrons. The van der Waals surface area contributed by atoms with Gasteiger partial charge in [-0.15, -0.1) is 0 Å². The number of ether oxygens (including phenoxy) is 2. The van der Waals surface area contributed by atoms with E-state index in [0.717, 1.165) is 26.1 Å². The molecule has 0 aliphatic carbocycles. The molecule has 1 aromatic carbocycles. The highest BCUT2D eigenvalue weighted by molar-refractivity contribution is 5.98. The zero-order valence-corrected chi connectivity index (χ0v) is 11.9. The molecule has 5 nitrogen and oxygen atoms in total. The van der Waals surface area contributed by atoms with Crippen LogP contribution in [0.3, 0.4) is 0 Å². The molecule has 20 heavy (non-hydrogen) atoms. The van der Waals surface area contributed by atoms with Gasteiger partial charge in [0.05, 0.1) is 17.9 Å². The van der Waals surface area contributed by atoms with Gasteiger partial charge in [0.15, 0.2) is 5.75 Å². The first-order chi connectivity index (χ1) is 9.72. The molecule has 1 unspecified atom stereocenters. The van der Waals surface area contributed by atoms with E-state index in [1.54, 1.807) is 18.2 Å². The molecule has 1 saturated heterocycles. The van der Waals surface area contributed by atoms with Crippen molar-refractivity contribution in [3.05, 3.63) is 23.8 Å². The second-order valence-electron chi connectivity index (χ2n) is 4.93. The summed E-state index contributed by atoms with van der Waals surface area (Å²) in [5.74, 6) is 0.888. The minimum atomic E-state index is -0.139. The van der Waals surface area contributed by atoms with Crippen molar-refractivity contribution in [1.29, 1.82) is 0 Å². The number of hydrogen-bond donors (Lipinski definition) is 2. The van der Waals surface area contributed by atoms with E-state index in [1.165, 1.54) is 0 Å². The van der Waals surface area contributed by atoms with Gasteiger partial charge >= 0.3 is 0 Å². The average Bonchev–Trinajstić information content (AvgIpc) is 2.94. The fourth-order valence-electron chi connectivity index (χ4n) is 2.34. The number of carbonyl (C=O) groups is 1. The van der Waals surface area contributed by atoms with Crippen LogP contribution in [0, 0.1) is 5.92 Å². The summed E-state index contributed by atoms with van der Waals surface area (Å²) in [6, 6.07) is 5.23. The van der Waals surface area contributed by atoms with Crippen molar-refractivity contribution in [2.45, 2.75) is 19.8 Å². The smallest absolute Gasteiger partial charge is 0.255 e. The van der Waals surface area contributed by atoms with Crippen molar-refractivity contribution < 1.29 is 14.3 Å². The Balaban J connectivity index is 1.92. The third-order valence-corrected chi connectivity index (χ3v) is 3.44. The number of nitrogen functional groups attached to an aromatic ring is 1. The van der Waals surface area contributed by atoms with Crippen LogP contribution in [-0.4, -0.2) is 32.3 Å². The van der Waals surface area contributed by atoms with Gasteiger partial charge in [0.2, 0.25) is 0 Å². The van der Waals surface area contributed by atoms with Crippen molar-refractivity contribution in [3.63, 3.8) is 0 Å². The molecule has 1 amide bonds. The normalized spacial score (nSPS) is 17.9. The minimum Gasteiger partial charge on any atom is -0.491 e. The molecule has 1 aliphatic rings. The molecule has 0 radical (unpaired) electrons. The number of carbonyl (C=O) groups excluding carboxylic acids is 1. The molecule has 0 bridgehead atoms. The van der Waals surface area contributed by atoms with Crippen LogP contribution in [0.4, 0.5) is 5.69 Å². The van der Waals surface area contributed by atoms with Gasteiger partial charge in [-0.2, -0.15) is 0 Å². The van der Waals surface area contributed by atoms with Gasteiger partial charge in [0.1, 0.15) is 0 Å².